The summed E-state index contributed by atoms with van der Waals surface area (Å²) in [5.41, 5.74) is 0.551. The van der Waals surface area contributed by atoms with E-state index in [2.05, 4.69) is 5.32 Å². The van der Waals surface area contributed by atoms with E-state index >= 15 is 0 Å². The highest BCUT2D eigenvalue weighted by Crippen LogP contribution is 2.38. The molecule has 0 heterocycles. The van der Waals surface area contributed by atoms with Gasteiger partial charge in [-0.3, -0.25) is 0 Å². The molecule has 0 saturated carbocycles. The third-order valence-corrected chi connectivity index (χ3v) is 3.32. The van der Waals surface area contributed by atoms with Gasteiger partial charge in [-0.25, -0.2) is 8.78 Å². The number of nitrogens with one attached hydrogen (secondary N) is 1. The van der Waals surface area contributed by atoms with Gasteiger partial charge >= 0.3 is 0 Å². The second-order valence-corrected chi connectivity index (χ2v) is 4.44. The number of rotatable bonds is 5. The number of halogens is 2. The fourth-order valence-electron chi connectivity index (χ4n) is 2.38. The number of methoxy groups -OCH3 is 2. The smallest absolute Gasteiger partial charge is 0.165 e. The van der Waals surface area contributed by atoms with E-state index in [1.54, 1.807) is 25.2 Å². The Morgan fingerprint density at radius 2 is 1.57 bits per heavy atom. The Kier molecular flexibility index (Phi) is 4.75. The molecule has 0 aliphatic heterocycles. The summed E-state index contributed by atoms with van der Waals surface area (Å²) >= 11 is 0. The van der Waals surface area contributed by atoms with E-state index in [1.165, 1.54) is 32.4 Å². The Morgan fingerprint density at radius 3 is 2.10 bits per heavy atom. The zero-order chi connectivity index (χ0) is 15.4. The minimum Gasteiger partial charge on any atom is -0.493 e. The molecular formula is C16H17F2NO2. The minimum atomic E-state index is -0.684. The summed E-state index contributed by atoms with van der Waals surface area (Å²) in [7, 11) is 4.64. The van der Waals surface area contributed by atoms with Gasteiger partial charge in [-0.1, -0.05) is 18.2 Å². The third kappa shape index (κ3) is 2.83. The minimum absolute atomic E-state index is 0.0495. The molecule has 0 aromatic heterocycles. The van der Waals surface area contributed by atoms with Crippen LogP contribution < -0.4 is 14.8 Å². The molecule has 5 heteroatoms. The standard InChI is InChI=1S/C16H17F2NO2/c1-19-15(14-11(17)7-5-8-12(14)18)10-6-4-9-13(20-2)16(10)21-3/h4-9,15,19H,1-3H3. The largest absolute Gasteiger partial charge is 0.493 e. The Labute approximate surface area is 122 Å². The Hall–Kier alpha value is -2.14. The number of ether oxygens (including phenoxy) is 2. The molecule has 2 aromatic carbocycles. The van der Waals surface area contributed by atoms with E-state index in [-0.39, 0.29) is 5.56 Å². The molecule has 0 aliphatic carbocycles. The van der Waals surface area contributed by atoms with Gasteiger partial charge in [0.2, 0.25) is 0 Å². The quantitative estimate of drug-likeness (QED) is 0.917. The first-order valence-corrected chi connectivity index (χ1v) is 6.46. The molecule has 1 atom stereocenters. The molecule has 0 saturated heterocycles. The average molecular weight is 293 g/mol. The van der Waals surface area contributed by atoms with Gasteiger partial charge in [-0.15, -0.1) is 0 Å². The predicted molar refractivity (Wildman–Crippen MR) is 76.8 cm³/mol. The van der Waals surface area contributed by atoms with E-state index in [4.69, 9.17) is 9.47 Å². The SMILES string of the molecule is CNC(c1cccc(OC)c1OC)c1c(F)cccc1F. The van der Waals surface area contributed by atoms with E-state index in [1.807, 2.05) is 0 Å². The number of benzene rings is 2. The highest BCUT2D eigenvalue weighted by Gasteiger charge is 2.24. The zero-order valence-corrected chi connectivity index (χ0v) is 12.1. The molecule has 0 radical (unpaired) electrons. The lowest BCUT2D eigenvalue weighted by Crippen LogP contribution is -2.21. The van der Waals surface area contributed by atoms with Gasteiger partial charge in [0.15, 0.2) is 11.5 Å². The first-order valence-electron chi connectivity index (χ1n) is 6.46. The number of hydrogen-bond donors (Lipinski definition) is 1. The summed E-state index contributed by atoms with van der Waals surface area (Å²) in [6.45, 7) is 0. The van der Waals surface area contributed by atoms with Gasteiger partial charge in [0, 0.05) is 11.1 Å². The van der Waals surface area contributed by atoms with Crippen LogP contribution in [0.25, 0.3) is 0 Å². The van der Waals surface area contributed by atoms with Crippen molar-refractivity contribution in [2.45, 2.75) is 6.04 Å². The normalized spacial score (nSPS) is 12.0. The van der Waals surface area contributed by atoms with Gasteiger partial charge in [-0.2, -0.15) is 0 Å². The Morgan fingerprint density at radius 1 is 0.952 bits per heavy atom. The van der Waals surface area contributed by atoms with Crippen molar-refractivity contribution in [3.05, 3.63) is 59.2 Å². The molecule has 0 fully saturated rings. The number of hydrogen-bond acceptors (Lipinski definition) is 3. The van der Waals surface area contributed by atoms with Crippen molar-refractivity contribution in [2.24, 2.45) is 0 Å². The van der Waals surface area contributed by atoms with Crippen LogP contribution in [0.4, 0.5) is 8.78 Å². The number of para-hydroxylation sites is 1. The lowest BCUT2D eigenvalue weighted by atomic mass is 9.96. The van der Waals surface area contributed by atoms with E-state index in [0.29, 0.717) is 17.1 Å². The van der Waals surface area contributed by atoms with Crippen LogP contribution in [0, 0.1) is 11.6 Å². The van der Waals surface area contributed by atoms with Crippen molar-refractivity contribution in [3.8, 4) is 11.5 Å². The molecule has 1 unspecified atom stereocenters. The van der Waals surface area contributed by atoms with Crippen LogP contribution in [0.5, 0.6) is 11.5 Å². The topological polar surface area (TPSA) is 30.5 Å². The molecule has 2 rings (SSSR count). The second-order valence-electron chi connectivity index (χ2n) is 4.44. The molecule has 0 amide bonds. The summed E-state index contributed by atoms with van der Waals surface area (Å²) in [5.74, 6) is -0.271. The maximum Gasteiger partial charge on any atom is 0.165 e. The molecule has 0 aliphatic rings. The van der Waals surface area contributed by atoms with Gasteiger partial charge in [-0.05, 0) is 25.2 Å². The highest BCUT2D eigenvalue weighted by molar-refractivity contribution is 5.51. The van der Waals surface area contributed by atoms with Gasteiger partial charge in [0.05, 0.1) is 20.3 Å². The van der Waals surface area contributed by atoms with Gasteiger partial charge in [0.25, 0.3) is 0 Å². The van der Waals surface area contributed by atoms with E-state index in [9.17, 15) is 8.78 Å². The Balaban J connectivity index is 2.62. The summed E-state index contributed by atoms with van der Waals surface area (Å²) in [5, 5.41) is 2.93. The van der Waals surface area contributed by atoms with E-state index < -0.39 is 17.7 Å². The van der Waals surface area contributed by atoms with Crippen LogP contribution in [-0.2, 0) is 0 Å². The molecule has 0 spiro atoms. The molecule has 112 valence electrons. The maximum atomic E-state index is 14.0. The lowest BCUT2D eigenvalue weighted by Gasteiger charge is -2.22. The van der Waals surface area contributed by atoms with Crippen LogP contribution >= 0.6 is 0 Å². The predicted octanol–water partition coefficient (Wildman–Crippen LogP) is 3.29. The average Bonchev–Trinajstić information content (AvgIpc) is 2.50. The zero-order valence-electron chi connectivity index (χ0n) is 12.1. The second kappa shape index (κ2) is 6.54. The van der Waals surface area contributed by atoms with Crippen LogP contribution in [-0.4, -0.2) is 21.3 Å². The molecular weight excluding hydrogens is 276 g/mol. The highest BCUT2D eigenvalue weighted by atomic mass is 19.1. The van der Waals surface area contributed by atoms with Crippen LogP contribution in [0.1, 0.15) is 17.2 Å². The Bertz CT molecular complexity index is 611. The van der Waals surface area contributed by atoms with Crippen molar-refractivity contribution in [1.29, 1.82) is 0 Å². The monoisotopic (exact) mass is 293 g/mol. The van der Waals surface area contributed by atoms with Crippen molar-refractivity contribution in [1.82, 2.24) is 5.32 Å². The summed E-state index contributed by atoms with van der Waals surface area (Å²) in [6, 6.07) is 8.34. The van der Waals surface area contributed by atoms with Crippen molar-refractivity contribution in [3.63, 3.8) is 0 Å². The lowest BCUT2D eigenvalue weighted by molar-refractivity contribution is 0.348. The summed E-state index contributed by atoms with van der Waals surface area (Å²) < 4.78 is 38.6. The summed E-state index contributed by atoms with van der Waals surface area (Å²) in [4.78, 5) is 0. The van der Waals surface area contributed by atoms with Crippen molar-refractivity contribution < 1.29 is 18.3 Å². The molecule has 0 bridgehead atoms. The maximum absolute atomic E-state index is 14.0. The third-order valence-electron chi connectivity index (χ3n) is 3.32. The van der Waals surface area contributed by atoms with Gasteiger partial charge < -0.3 is 14.8 Å². The first kappa shape index (κ1) is 15.3. The van der Waals surface area contributed by atoms with Gasteiger partial charge in [0.1, 0.15) is 11.6 Å². The molecule has 1 N–H and O–H groups in total. The van der Waals surface area contributed by atoms with E-state index in [0.717, 1.165) is 0 Å². The van der Waals surface area contributed by atoms with Crippen LogP contribution in [0.15, 0.2) is 36.4 Å². The molecule has 2 aromatic rings. The summed E-state index contributed by atoms with van der Waals surface area (Å²) in [6.07, 6.45) is 0. The molecule has 21 heavy (non-hydrogen) atoms. The van der Waals surface area contributed by atoms with Crippen molar-refractivity contribution >= 4 is 0 Å². The molecule has 3 nitrogen and oxygen atoms in total. The van der Waals surface area contributed by atoms with Crippen LogP contribution in [0.2, 0.25) is 0 Å². The van der Waals surface area contributed by atoms with Crippen LogP contribution in [0.3, 0.4) is 0 Å². The first-order chi connectivity index (χ1) is 10.1. The fourth-order valence-corrected chi connectivity index (χ4v) is 2.38. The fraction of sp³-hybridized carbons (Fsp3) is 0.250. The van der Waals surface area contributed by atoms with Crippen molar-refractivity contribution in [2.75, 3.05) is 21.3 Å².